The number of rotatable bonds is 10. The first-order chi connectivity index (χ1) is 17.5. The molecule has 0 fully saturated rings. The van der Waals surface area contributed by atoms with Crippen LogP contribution in [0.15, 0.2) is 53.3 Å². The quantitative estimate of drug-likeness (QED) is 0.267. The summed E-state index contributed by atoms with van der Waals surface area (Å²) < 4.78 is 49.7. The average Bonchev–Trinajstić information content (AvgIpc) is 3.32. The van der Waals surface area contributed by atoms with Crippen molar-refractivity contribution in [1.82, 2.24) is 15.1 Å². The van der Waals surface area contributed by atoms with E-state index < -0.39 is 11.3 Å². The van der Waals surface area contributed by atoms with E-state index in [1.54, 1.807) is 43.5 Å². The van der Waals surface area contributed by atoms with E-state index in [2.05, 4.69) is 15.1 Å². The summed E-state index contributed by atoms with van der Waals surface area (Å²) in [6.45, 7) is 3.57. The Morgan fingerprint density at radius 1 is 0.973 bits per heavy atom. The summed E-state index contributed by atoms with van der Waals surface area (Å²) in [5.41, 5.74) is 0.0867. The lowest BCUT2D eigenvalue weighted by Gasteiger charge is -2.28. The van der Waals surface area contributed by atoms with Crippen LogP contribution in [0.25, 0.3) is 10.9 Å². The van der Waals surface area contributed by atoms with Crippen LogP contribution in [-0.2, 0) is 23.1 Å². The summed E-state index contributed by atoms with van der Waals surface area (Å²) in [5.74, 6) is -1.29. The monoisotopic (exact) mass is 511 g/mol. The number of hydrogen-bond acceptors (Lipinski definition) is 8. The van der Waals surface area contributed by atoms with E-state index in [-0.39, 0.29) is 24.4 Å². The average molecular weight is 512 g/mol. The van der Waals surface area contributed by atoms with Crippen LogP contribution in [0, 0.1) is 0 Å². The number of aromatic nitrogens is 3. The lowest BCUT2D eigenvalue weighted by molar-refractivity contribution is -0.117. The molecular weight excluding hydrogens is 484 g/mol. The number of carbonyl (C=O) groups is 1. The van der Waals surface area contributed by atoms with Gasteiger partial charge in [0.1, 0.15) is 23.6 Å². The number of fused-ring (bicyclic) bond motifs is 1. The smallest absolute Gasteiger partial charge is 0.257 e. The van der Waals surface area contributed by atoms with E-state index in [0.717, 1.165) is 6.92 Å². The molecule has 4 aromatic rings. The normalized spacial score (nSPS) is 12.0. The molecule has 0 N–H and O–H groups in total. The summed E-state index contributed by atoms with van der Waals surface area (Å²) in [6.07, 6.45) is 1.44. The number of halogens is 2. The number of ketones is 1. The third kappa shape index (κ3) is 5.52. The first-order valence-electron chi connectivity index (χ1n) is 11.5. The Morgan fingerprint density at radius 3 is 2.41 bits per heavy atom. The SMILES string of the molecule is COc1cc2ncnc(Oc3cccc(CC(=O)Cc4cc(C(C)(C)C(C)(F)F)on4)c3)c2cc1OC. The van der Waals surface area contributed by atoms with E-state index in [0.29, 0.717) is 45.3 Å². The predicted octanol–water partition coefficient (Wildman–Crippen LogP) is 5.71. The number of hydrogen-bond donors (Lipinski definition) is 0. The minimum Gasteiger partial charge on any atom is -0.493 e. The van der Waals surface area contributed by atoms with Gasteiger partial charge in [-0.1, -0.05) is 17.3 Å². The molecule has 0 saturated heterocycles. The highest BCUT2D eigenvalue weighted by atomic mass is 19.3. The van der Waals surface area contributed by atoms with Crippen LogP contribution in [0.2, 0.25) is 0 Å². The number of alkyl halides is 2. The molecule has 0 radical (unpaired) electrons. The molecule has 10 heteroatoms. The van der Waals surface area contributed by atoms with Crippen molar-refractivity contribution in [3.8, 4) is 23.1 Å². The van der Waals surface area contributed by atoms with Crippen LogP contribution in [0.5, 0.6) is 23.1 Å². The van der Waals surface area contributed by atoms with E-state index in [4.69, 9.17) is 18.7 Å². The van der Waals surface area contributed by atoms with Crippen molar-refractivity contribution in [3.05, 3.63) is 65.8 Å². The zero-order valence-corrected chi connectivity index (χ0v) is 21.2. The topological polar surface area (TPSA) is 96.6 Å². The van der Waals surface area contributed by atoms with Crippen molar-refractivity contribution < 1.29 is 32.3 Å². The summed E-state index contributed by atoms with van der Waals surface area (Å²) in [6, 6.07) is 11.9. The highest BCUT2D eigenvalue weighted by Gasteiger charge is 2.46. The number of carbonyl (C=O) groups excluding carboxylic acids is 1. The Kier molecular flexibility index (Phi) is 7.11. The maximum absolute atomic E-state index is 13.9. The molecule has 2 aromatic carbocycles. The van der Waals surface area contributed by atoms with Gasteiger partial charge < -0.3 is 18.7 Å². The Morgan fingerprint density at radius 2 is 1.70 bits per heavy atom. The Labute approximate surface area is 212 Å². The maximum atomic E-state index is 13.9. The van der Waals surface area contributed by atoms with Crippen LogP contribution < -0.4 is 14.2 Å². The molecule has 37 heavy (non-hydrogen) atoms. The van der Waals surface area contributed by atoms with Crippen molar-refractivity contribution in [2.75, 3.05) is 14.2 Å². The first-order valence-corrected chi connectivity index (χ1v) is 11.5. The largest absolute Gasteiger partial charge is 0.493 e. The number of benzene rings is 2. The summed E-state index contributed by atoms with van der Waals surface area (Å²) in [7, 11) is 3.08. The van der Waals surface area contributed by atoms with Gasteiger partial charge >= 0.3 is 0 Å². The van der Waals surface area contributed by atoms with Crippen molar-refractivity contribution >= 4 is 16.7 Å². The third-order valence-electron chi connectivity index (χ3n) is 6.27. The van der Waals surface area contributed by atoms with Crippen LogP contribution >= 0.6 is 0 Å². The highest BCUT2D eigenvalue weighted by Crippen LogP contribution is 2.39. The molecule has 2 heterocycles. The highest BCUT2D eigenvalue weighted by molar-refractivity contribution is 5.87. The second-order valence-corrected chi connectivity index (χ2v) is 9.24. The van der Waals surface area contributed by atoms with Crippen LogP contribution in [0.3, 0.4) is 0 Å². The minimum absolute atomic E-state index is 0.0320. The molecule has 0 bridgehead atoms. The number of ether oxygens (including phenoxy) is 3. The predicted molar refractivity (Wildman–Crippen MR) is 132 cm³/mol. The Hall–Kier alpha value is -4.08. The zero-order chi connectivity index (χ0) is 26.8. The van der Waals surface area contributed by atoms with Gasteiger partial charge in [0.25, 0.3) is 5.92 Å². The van der Waals surface area contributed by atoms with Gasteiger partial charge in [0.2, 0.25) is 5.88 Å². The molecule has 2 aromatic heterocycles. The third-order valence-corrected chi connectivity index (χ3v) is 6.27. The fourth-order valence-electron chi connectivity index (χ4n) is 3.67. The van der Waals surface area contributed by atoms with E-state index >= 15 is 0 Å². The molecule has 0 unspecified atom stereocenters. The Balaban J connectivity index is 1.48. The molecule has 0 aliphatic carbocycles. The summed E-state index contributed by atoms with van der Waals surface area (Å²) >= 11 is 0. The molecule has 0 atom stereocenters. The molecule has 0 saturated carbocycles. The molecular formula is C27H27F2N3O5. The number of Topliss-reactive ketones (excluding diaryl/α,β-unsaturated/α-hetero) is 1. The van der Waals surface area contributed by atoms with Gasteiger partial charge in [-0.05, 0) is 37.6 Å². The lowest BCUT2D eigenvalue weighted by atomic mass is 9.83. The van der Waals surface area contributed by atoms with Gasteiger partial charge in [0.15, 0.2) is 11.5 Å². The fourth-order valence-corrected chi connectivity index (χ4v) is 3.67. The molecule has 0 spiro atoms. The number of nitrogens with zero attached hydrogens (tertiary/aromatic N) is 3. The van der Waals surface area contributed by atoms with E-state index in [1.165, 1.54) is 33.4 Å². The second kappa shape index (κ2) is 10.1. The zero-order valence-electron chi connectivity index (χ0n) is 21.2. The standard InChI is InChI=1S/C27H27F2N3O5/c1-26(2,27(3,28)29)24-12-17(32-37-24)11-18(33)9-16-7-6-8-19(10-16)36-25-20-13-22(34-4)23(35-5)14-21(20)30-15-31-25/h6-8,10,12-15H,9,11H2,1-5H3. The Bertz CT molecular complexity index is 1430. The van der Waals surface area contributed by atoms with E-state index in [1.807, 2.05) is 0 Å². The van der Waals surface area contributed by atoms with Gasteiger partial charge in [-0.25, -0.2) is 18.7 Å². The van der Waals surface area contributed by atoms with Crippen molar-refractivity contribution in [2.45, 2.75) is 45.0 Å². The maximum Gasteiger partial charge on any atom is 0.257 e. The molecule has 0 aliphatic heterocycles. The van der Waals surface area contributed by atoms with Gasteiger partial charge in [0, 0.05) is 25.5 Å². The van der Waals surface area contributed by atoms with Crippen molar-refractivity contribution in [3.63, 3.8) is 0 Å². The van der Waals surface area contributed by atoms with Crippen LogP contribution in [0.1, 0.15) is 37.8 Å². The fraction of sp³-hybridized carbons (Fsp3) is 0.333. The second-order valence-electron chi connectivity index (χ2n) is 9.24. The summed E-state index contributed by atoms with van der Waals surface area (Å²) in [4.78, 5) is 21.2. The van der Waals surface area contributed by atoms with Gasteiger partial charge in [-0.3, -0.25) is 4.79 Å². The molecule has 0 amide bonds. The van der Waals surface area contributed by atoms with Crippen molar-refractivity contribution in [2.24, 2.45) is 0 Å². The van der Waals surface area contributed by atoms with E-state index in [9.17, 15) is 13.6 Å². The molecule has 4 rings (SSSR count). The van der Waals surface area contributed by atoms with Gasteiger partial charge in [0.05, 0.1) is 42.7 Å². The first kappa shape index (κ1) is 26.0. The number of methoxy groups -OCH3 is 2. The van der Waals surface area contributed by atoms with Crippen LogP contribution in [0.4, 0.5) is 8.78 Å². The minimum atomic E-state index is -3.01. The molecule has 0 aliphatic rings. The van der Waals surface area contributed by atoms with Crippen LogP contribution in [-0.4, -0.2) is 41.0 Å². The molecule has 8 nitrogen and oxygen atoms in total. The summed E-state index contributed by atoms with van der Waals surface area (Å²) in [5, 5.41) is 4.45. The lowest BCUT2D eigenvalue weighted by Crippen LogP contribution is -2.37. The van der Waals surface area contributed by atoms with Gasteiger partial charge in [-0.15, -0.1) is 0 Å². The van der Waals surface area contributed by atoms with Crippen molar-refractivity contribution in [1.29, 1.82) is 0 Å². The molecule has 194 valence electrons. The van der Waals surface area contributed by atoms with Gasteiger partial charge in [-0.2, -0.15) is 0 Å².